The van der Waals surface area contributed by atoms with Gasteiger partial charge in [0.25, 0.3) is 20.0 Å². The van der Waals surface area contributed by atoms with Gasteiger partial charge in [-0.25, -0.2) is 35.2 Å². The first kappa shape index (κ1) is 51.3. The molecule has 0 bridgehead atoms. The summed E-state index contributed by atoms with van der Waals surface area (Å²) in [6.45, 7) is 0. The number of aromatic nitrogens is 2. The lowest BCUT2D eigenvalue weighted by Gasteiger charge is -2.14. The molecule has 0 radical (unpaired) electrons. The number of alkyl halides is 6. The summed E-state index contributed by atoms with van der Waals surface area (Å²) in [6, 6.07) is 17.5. The minimum absolute atomic E-state index is 0.00564. The van der Waals surface area contributed by atoms with E-state index in [1.165, 1.54) is 42.5 Å². The summed E-state index contributed by atoms with van der Waals surface area (Å²) in [5, 5.41) is -1.43. The minimum Gasteiger partial charge on any atom is -0.399 e. The first-order chi connectivity index (χ1) is 30.4. The molecule has 5 N–H and O–H groups in total. The molecule has 4 aromatic carbocycles. The molecule has 0 amide bonds. The third-order valence-corrected chi connectivity index (χ3v) is 12.7. The van der Waals surface area contributed by atoms with Gasteiger partial charge in [0.05, 0.1) is 58.6 Å². The zero-order valence-electron chi connectivity index (χ0n) is 32.6. The van der Waals surface area contributed by atoms with Gasteiger partial charge in [0.1, 0.15) is 11.4 Å². The molecule has 0 unspecified atom stereocenters. The van der Waals surface area contributed by atoms with Crippen LogP contribution in [-0.4, -0.2) is 53.0 Å². The highest BCUT2D eigenvalue weighted by atomic mass is 35.5. The van der Waals surface area contributed by atoms with Crippen molar-refractivity contribution in [2.24, 2.45) is 0 Å². The van der Waals surface area contributed by atoms with Gasteiger partial charge in [0.2, 0.25) is 21.6 Å². The maximum atomic E-state index is 13.2. The molecule has 2 aromatic heterocycles. The lowest BCUT2D eigenvalue weighted by atomic mass is 10.1. The normalized spacial score (nSPS) is 12.1. The molecule has 6 aromatic rings. The maximum Gasteiger partial charge on any atom is 0.417 e. The molecule has 0 aliphatic rings. The molecule has 0 fully saturated rings. The van der Waals surface area contributed by atoms with Crippen LogP contribution in [0, 0.1) is 0 Å². The molecule has 0 saturated heterocycles. The number of ketones is 2. The van der Waals surface area contributed by atoms with Gasteiger partial charge in [0, 0.05) is 34.9 Å². The molecular weight excluding hydrogens is 1030 g/mol. The van der Waals surface area contributed by atoms with Gasteiger partial charge in [-0.05, 0) is 72.8 Å². The first-order valence-electron chi connectivity index (χ1n) is 17.6. The zero-order valence-corrected chi connectivity index (χ0v) is 38.1. The summed E-state index contributed by atoms with van der Waals surface area (Å²) in [5.74, 6) is -1.49. The van der Waals surface area contributed by atoms with Gasteiger partial charge in [-0.15, -0.1) is 0 Å². The van der Waals surface area contributed by atoms with Crippen LogP contribution < -0.4 is 19.9 Å². The predicted octanol–water partition coefficient (Wildman–Crippen LogP) is 9.83. The van der Waals surface area contributed by atoms with Crippen molar-refractivity contribution in [2.75, 3.05) is 26.2 Å². The highest BCUT2D eigenvalue weighted by Gasteiger charge is 2.36. The fourth-order valence-corrected chi connectivity index (χ4v) is 8.96. The summed E-state index contributed by atoms with van der Waals surface area (Å²) in [4.78, 5) is 32.1. The zero-order chi connectivity index (χ0) is 49.2. The summed E-state index contributed by atoms with van der Waals surface area (Å²) in [7, 11) is -12.9. The quantitative estimate of drug-likeness (QED) is 0.0513. The van der Waals surface area contributed by atoms with E-state index < -0.39 is 96.3 Å². The Bertz CT molecular complexity index is 3240. The topological polar surface area (TPSA) is 224 Å². The van der Waals surface area contributed by atoms with Crippen LogP contribution in [0.3, 0.4) is 0 Å². The Morgan fingerprint density at radius 1 is 0.561 bits per heavy atom. The van der Waals surface area contributed by atoms with Crippen molar-refractivity contribution < 1.29 is 61.2 Å². The first-order valence-corrected chi connectivity index (χ1v) is 23.9. The van der Waals surface area contributed by atoms with Crippen LogP contribution in [0.25, 0.3) is 0 Å². The predicted molar refractivity (Wildman–Crippen MR) is 236 cm³/mol. The summed E-state index contributed by atoms with van der Waals surface area (Å²) in [6.07, 6.45) is -6.67. The molecule has 14 nitrogen and oxygen atoms in total. The lowest BCUT2D eigenvalue weighted by molar-refractivity contribution is -0.138. The van der Waals surface area contributed by atoms with E-state index in [9.17, 15) is 61.2 Å². The highest BCUT2D eigenvalue weighted by Crippen LogP contribution is 2.38. The van der Waals surface area contributed by atoms with Crippen molar-refractivity contribution in [3.8, 4) is 0 Å². The molecular formula is C39H26Cl4F6N6O8S3. The molecule has 6 rings (SSSR count). The highest BCUT2D eigenvalue weighted by molar-refractivity contribution is 7.93. The molecule has 66 heavy (non-hydrogen) atoms. The lowest BCUT2D eigenvalue weighted by Crippen LogP contribution is -2.18. The van der Waals surface area contributed by atoms with Gasteiger partial charge in [0.15, 0.2) is 0 Å². The Hall–Kier alpha value is -5.69. The fourth-order valence-electron chi connectivity index (χ4n) is 5.47. The summed E-state index contributed by atoms with van der Waals surface area (Å²) in [5.41, 5.74) is 1.94. The van der Waals surface area contributed by atoms with Gasteiger partial charge in [-0.2, -0.15) is 26.3 Å². The van der Waals surface area contributed by atoms with Crippen LogP contribution in [0.5, 0.6) is 0 Å². The smallest absolute Gasteiger partial charge is 0.399 e. The van der Waals surface area contributed by atoms with Gasteiger partial charge >= 0.3 is 12.4 Å². The van der Waals surface area contributed by atoms with E-state index in [-0.39, 0.29) is 38.2 Å². The van der Waals surface area contributed by atoms with Crippen molar-refractivity contribution in [3.05, 3.63) is 163 Å². The SMILES string of the molecule is CS(=O)(=O)Nc1cccc(C(=O)c2ncc(Cl)cc2NS(=O)(=O)c2ccc(Cl)c(C(F)(F)F)c2)c1.Nc1cccc(C(=O)c2ncc(Cl)cc2NS(=O)(=O)c2ccc(Cl)c(C(F)(F)F)c2)c1. The molecule has 348 valence electrons. The third kappa shape index (κ3) is 13.0. The Labute approximate surface area is 391 Å². The van der Waals surface area contributed by atoms with Crippen LogP contribution in [0.15, 0.2) is 119 Å². The van der Waals surface area contributed by atoms with Gasteiger partial charge in [-0.1, -0.05) is 70.7 Å². The standard InChI is InChI=1S/C20H14Cl2F3N3O5S2.C19H12Cl2F3N3O3S/c1-34(30,31)27-13-4-2-3-11(7-13)19(29)18-17(8-12(21)10-26-18)28-35(32,33)14-5-6-16(22)15(9-14)20(23,24)25;20-11-7-16(17(26-9-11)18(28)10-2-1-3-12(25)6-10)27-31(29,30)13-4-5-15(21)14(8-13)19(22,23)24/h2-10,27-28H,1H3;1-9,27H,25H2. The Kier molecular flexibility index (Phi) is 15.3. The van der Waals surface area contributed by atoms with Crippen LogP contribution in [0.4, 0.5) is 49.1 Å². The number of rotatable bonds is 12. The molecule has 0 aliphatic heterocycles. The van der Waals surface area contributed by atoms with Crippen molar-refractivity contribution in [3.63, 3.8) is 0 Å². The van der Waals surface area contributed by atoms with Crippen LogP contribution in [0.1, 0.15) is 43.2 Å². The maximum absolute atomic E-state index is 13.2. The number of nitrogens with zero attached hydrogens (tertiary/aromatic N) is 2. The van der Waals surface area contributed by atoms with E-state index in [1.54, 1.807) is 6.07 Å². The molecule has 0 aliphatic carbocycles. The molecule has 0 atom stereocenters. The number of pyridine rings is 2. The monoisotopic (exact) mass is 1060 g/mol. The number of sulfonamides is 3. The summed E-state index contributed by atoms with van der Waals surface area (Å²) >= 11 is 22.9. The Morgan fingerprint density at radius 2 is 0.970 bits per heavy atom. The number of nitrogen functional groups attached to an aromatic ring is 1. The molecule has 27 heteroatoms. The van der Waals surface area contributed by atoms with Gasteiger partial charge < -0.3 is 5.73 Å². The largest absolute Gasteiger partial charge is 0.417 e. The van der Waals surface area contributed by atoms with E-state index in [1.807, 2.05) is 4.72 Å². The third-order valence-electron chi connectivity index (χ3n) is 8.31. The van der Waals surface area contributed by atoms with E-state index in [2.05, 4.69) is 19.4 Å². The minimum atomic E-state index is -4.91. The van der Waals surface area contributed by atoms with E-state index in [0.717, 1.165) is 55.0 Å². The second-order valence-electron chi connectivity index (χ2n) is 13.3. The number of anilines is 4. The number of halogens is 10. The number of benzene rings is 4. The van der Waals surface area contributed by atoms with Crippen LogP contribution in [-0.2, 0) is 42.4 Å². The van der Waals surface area contributed by atoms with Gasteiger partial charge in [-0.3, -0.25) is 23.8 Å². The van der Waals surface area contributed by atoms with E-state index >= 15 is 0 Å². The fraction of sp³-hybridized carbons (Fsp3) is 0.0769. The van der Waals surface area contributed by atoms with Crippen molar-refractivity contribution in [1.29, 1.82) is 0 Å². The number of carbonyl (C=O) groups excluding carboxylic acids is 2. The van der Waals surface area contributed by atoms with Crippen molar-refractivity contribution >= 4 is 111 Å². The number of hydrogen-bond donors (Lipinski definition) is 4. The van der Waals surface area contributed by atoms with Crippen molar-refractivity contribution in [2.45, 2.75) is 22.1 Å². The van der Waals surface area contributed by atoms with Crippen LogP contribution >= 0.6 is 46.4 Å². The Morgan fingerprint density at radius 3 is 1.36 bits per heavy atom. The number of nitrogens with two attached hydrogens (primary N) is 1. The molecule has 0 saturated carbocycles. The second-order valence-corrected chi connectivity index (χ2v) is 20.1. The average Bonchev–Trinajstić information content (AvgIpc) is 3.19. The second kappa shape index (κ2) is 19.6. The van der Waals surface area contributed by atoms with E-state index in [0.29, 0.717) is 17.8 Å². The van der Waals surface area contributed by atoms with Crippen molar-refractivity contribution in [1.82, 2.24) is 9.97 Å². The average molecular weight is 1060 g/mol. The Balaban J connectivity index is 0.000000249. The molecule has 2 heterocycles. The van der Waals surface area contributed by atoms with Crippen LogP contribution in [0.2, 0.25) is 20.1 Å². The number of nitrogens with one attached hydrogen (secondary N) is 3. The van der Waals surface area contributed by atoms with E-state index in [4.69, 9.17) is 52.1 Å². The molecule has 0 spiro atoms. The summed E-state index contributed by atoms with van der Waals surface area (Å²) < 4.78 is 159. The number of hydrogen-bond acceptors (Lipinski definition) is 11. The number of carbonyl (C=O) groups is 2.